The first-order chi connectivity index (χ1) is 7.13. The lowest BCUT2D eigenvalue weighted by Gasteiger charge is -1.96. The maximum Gasteiger partial charge on any atom is 0.127 e. The summed E-state index contributed by atoms with van der Waals surface area (Å²) in [5, 5.41) is 7.37. The zero-order valence-electron chi connectivity index (χ0n) is 8.91. The third-order valence-corrected chi connectivity index (χ3v) is 3.59. The van der Waals surface area contributed by atoms with Crippen molar-refractivity contribution in [1.29, 1.82) is 0 Å². The standard InChI is InChI=1S/C10H12ClN3S/c1-6-9(7(2)14(3)13-6)10-12-8(4-11)5-15-10/h5H,4H2,1-3H3. The Morgan fingerprint density at radius 1 is 1.47 bits per heavy atom. The Bertz CT molecular complexity index is 487. The van der Waals surface area contributed by atoms with Gasteiger partial charge in [0.15, 0.2) is 0 Å². The van der Waals surface area contributed by atoms with E-state index in [1.54, 1.807) is 11.3 Å². The molecule has 15 heavy (non-hydrogen) atoms. The van der Waals surface area contributed by atoms with E-state index in [-0.39, 0.29) is 0 Å². The molecule has 2 aromatic heterocycles. The van der Waals surface area contributed by atoms with Crippen LogP contribution >= 0.6 is 22.9 Å². The Kier molecular flexibility index (Phi) is 2.80. The third-order valence-electron chi connectivity index (χ3n) is 2.41. The van der Waals surface area contributed by atoms with Crippen molar-refractivity contribution in [1.82, 2.24) is 14.8 Å². The first kappa shape index (κ1) is 10.6. The molecule has 0 aliphatic carbocycles. The van der Waals surface area contributed by atoms with Gasteiger partial charge in [-0.1, -0.05) is 0 Å². The Morgan fingerprint density at radius 3 is 2.67 bits per heavy atom. The fourth-order valence-electron chi connectivity index (χ4n) is 1.57. The van der Waals surface area contributed by atoms with Crippen LogP contribution in [0, 0.1) is 13.8 Å². The van der Waals surface area contributed by atoms with Crippen LogP contribution in [0.2, 0.25) is 0 Å². The number of aromatic nitrogens is 3. The molecule has 2 heterocycles. The zero-order valence-corrected chi connectivity index (χ0v) is 10.5. The second-order valence-corrected chi connectivity index (χ2v) is 4.57. The third kappa shape index (κ3) is 1.79. The molecule has 0 aromatic carbocycles. The van der Waals surface area contributed by atoms with E-state index in [2.05, 4.69) is 17.0 Å². The monoisotopic (exact) mass is 241 g/mol. The summed E-state index contributed by atoms with van der Waals surface area (Å²) in [6, 6.07) is 0. The SMILES string of the molecule is Cc1nn(C)c(C)c1-c1nc(CCl)cs1. The highest BCUT2D eigenvalue weighted by Crippen LogP contribution is 2.29. The van der Waals surface area contributed by atoms with Gasteiger partial charge in [0.05, 0.1) is 22.8 Å². The summed E-state index contributed by atoms with van der Waals surface area (Å²) in [5.74, 6) is 0.467. The summed E-state index contributed by atoms with van der Waals surface area (Å²) in [7, 11) is 1.95. The van der Waals surface area contributed by atoms with E-state index in [1.165, 1.54) is 0 Å². The van der Waals surface area contributed by atoms with Crippen molar-refractivity contribution in [2.75, 3.05) is 0 Å². The number of halogens is 1. The highest BCUT2D eigenvalue weighted by atomic mass is 35.5. The van der Waals surface area contributed by atoms with Crippen LogP contribution in [0.1, 0.15) is 17.1 Å². The second kappa shape index (κ2) is 3.94. The van der Waals surface area contributed by atoms with Crippen LogP contribution < -0.4 is 0 Å². The van der Waals surface area contributed by atoms with Crippen LogP contribution in [-0.2, 0) is 12.9 Å². The molecule has 0 N–H and O–H groups in total. The molecule has 0 spiro atoms. The van der Waals surface area contributed by atoms with Crippen molar-refractivity contribution in [2.24, 2.45) is 7.05 Å². The largest absolute Gasteiger partial charge is 0.272 e. The van der Waals surface area contributed by atoms with E-state index >= 15 is 0 Å². The minimum atomic E-state index is 0.467. The normalized spacial score (nSPS) is 10.9. The predicted molar refractivity (Wildman–Crippen MR) is 63.3 cm³/mol. The van der Waals surface area contributed by atoms with Gasteiger partial charge in [0.25, 0.3) is 0 Å². The summed E-state index contributed by atoms with van der Waals surface area (Å²) in [4.78, 5) is 4.47. The van der Waals surface area contributed by atoms with Crippen LogP contribution in [0.4, 0.5) is 0 Å². The molecular formula is C10H12ClN3S. The van der Waals surface area contributed by atoms with Crippen molar-refractivity contribution in [2.45, 2.75) is 19.7 Å². The summed E-state index contributed by atoms with van der Waals surface area (Å²) in [5.41, 5.74) is 4.23. The van der Waals surface area contributed by atoms with Gasteiger partial charge < -0.3 is 0 Å². The Morgan fingerprint density at radius 2 is 2.20 bits per heavy atom. The molecule has 0 radical (unpaired) electrons. The molecule has 0 saturated heterocycles. The summed E-state index contributed by atoms with van der Waals surface area (Å²) < 4.78 is 1.88. The van der Waals surface area contributed by atoms with E-state index in [0.29, 0.717) is 5.88 Å². The van der Waals surface area contributed by atoms with E-state index < -0.39 is 0 Å². The minimum Gasteiger partial charge on any atom is -0.272 e. The molecular weight excluding hydrogens is 230 g/mol. The number of aryl methyl sites for hydroxylation is 2. The molecule has 2 rings (SSSR count). The van der Waals surface area contributed by atoms with Gasteiger partial charge in [-0.25, -0.2) is 4.98 Å². The molecule has 0 unspecified atom stereocenters. The smallest absolute Gasteiger partial charge is 0.127 e. The number of hydrogen-bond acceptors (Lipinski definition) is 3. The highest BCUT2D eigenvalue weighted by Gasteiger charge is 2.14. The van der Waals surface area contributed by atoms with Crippen LogP contribution in [0.3, 0.4) is 0 Å². The Labute approximate surface area is 97.7 Å². The second-order valence-electron chi connectivity index (χ2n) is 3.45. The molecule has 0 atom stereocenters. The molecule has 3 nitrogen and oxygen atoms in total. The van der Waals surface area contributed by atoms with E-state index in [0.717, 1.165) is 27.7 Å². The van der Waals surface area contributed by atoms with Gasteiger partial charge in [0, 0.05) is 18.1 Å². The number of alkyl halides is 1. The van der Waals surface area contributed by atoms with E-state index in [1.807, 2.05) is 24.0 Å². The fourth-order valence-corrected chi connectivity index (χ4v) is 2.76. The van der Waals surface area contributed by atoms with Gasteiger partial charge in [-0.15, -0.1) is 22.9 Å². The van der Waals surface area contributed by atoms with Crippen LogP contribution in [-0.4, -0.2) is 14.8 Å². The van der Waals surface area contributed by atoms with Crippen molar-refractivity contribution in [3.8, 4) is 10.6 Å². The number of thiazole rings is 1. The molecule has 5 heteroatoms. The lowest BCUT2D eigenvalue weighted by atomic mass is 10.2. The summed E-state index contributed by atoms with van der Waals surface area (Å²) >= 11 is 7.36. The van der Waals surface area contributed by atoms with Crippen LogP contribution in [0.25, 0.3) is 10.6 Å². The molecule has 80 valence electrons. The number of nitrogens with zero attached hydrogens (tertiary/aromatic N) is 3. The zero-order chi connectivity index (χ0) is 11.0. The molecule has 0 aliphatic heterocycles. The average Bonchev–Trinajstić information content (AvgIpc) is 2.74. The first-order valence-electron chi connectivity index (χ1n) is 4.64. The van der Waals surface area contributed by atoms with Crippen molar-refractivity contribution >= 4 is 22.9 Å². The lowest BCUT2D eigenvalue weighted by Crippen LogP contribution is -1.92. The fraction of sp³-hybridized carbons (Fsp3) is 0.400. The Hall–Kier alpha value is -0.870. The molecule has 0 amide bonds. The number of hydrogen-bond donors (Lipinski definition) is 0. The molecule has 0 aliphatic rings. The highest BCUT2D eigenvalue weighted by molar-refractivity contribution is 7.13. The first-order valence-corrected chi connectivity index (χ1v) is 6.06. The quantitative estimate of drug-likeness (QED) is 0.757. The molecule has 0 fully saturated rings. The molecule has 0 saturated carbocycles. The minimum absolute atomic E-state index is 0.467. The van der Waals surface area contributed by atoms with Crippen molar-refractivity contribution < 1.29 is 0 Å². The maximum atomic E-state index is 5.74. The maximum absolute atomic E-state index is 5.74. The molecule has 2 aromatic rings. The van der Waals surface area contributed by atoms with Crippen LogP contribution in [0.5, 0.6) is 0 Å². The van der Waals surface area contributed by atoms with Gasteiger partial charge in [-0.3, -0.25) is 4.68 Å². The van der Waals surface area contributed by atoms with Crippen molar-refractivity contribution in [3.05, 3.63) is 22.5 Å². The van der Waals surface area contributed by atoms with Gasteiger partial charge in [-0.2, -0.15) is 5.10 Å². The topological polar surface area (TPSA) is 30.7 Å². The van der Waals surface area contributed by atoms with E-state index in [9.17, 15) is 0 Å². The van der Waals surface area contributed by atoms with Gasteiger partial charge in [0.2, 0.25) is 0 Å². The van der Waals surface area contributed by atoms with Gasteiger partial charge in [0.1, 0.15) is 5.01 Å². The lowest BCUT2D eigenvalue weighted by molar-refractivity contribution is 0.731. The Balaban J connectivity index is 2.53. The van der Waals surface area contributed by atoms with Crippen LogP contribution in [0.15, 0.2) is 5.38 Å². The van der Waals surface area contributed by atoms with E-state index in [4.69, 9.17) is 11.6 Å². The van der Waals surface area contributed by atoms with Gasteiger partial charge in [-0.05, 0) is 13.8 Å². The summed E-state index contributed by atoms with van der Waals surface area (Å²) in [6.07, 6.45) is 0. The summed E-state index contributed by atoms with van der Waals surface area (Å²) in [6.45, 7) is 4.06. The average molecular weight is 242 g/mol. The van der Waals surface area contributed by atoms with Gasteiger partial charge >= 0.3 is 0 Å². The predicted octanol–water partition coefficient (Wildman–Crippen LogP) is 2.90. The van der Waals surface area contributed by atoms with Crippen molar-refractivity contribution in [3.63, 3.8) is 0 Å². The number of rotatable bonds is 2. The molecule has 0 bridgehead atoms.